The van der Waals surface area contributed by atoms with Crippen molar-refractivity contribution >= 4 is 17.6 Å². The molecule has 9 nitrogen and oxygen atoms in total. The highest BCUT2D eigenvalue weighted by atomic mass is 16.6. The van der Waals surface area contributed by atoms with E-state index in [0.29, 0.717) is 0 Å². The number of hydrogen-bond donors (Lipinski definition) is 1. The van der Waals surface area contributed by atoms with Crippen LogP contribution in [0.25, 0.3) is 0 Å². The van der Waals surface area contributed by atoms with E-state index in [0.717, 1.165) is 19.4 Å². The molecular weight excluding hydrogens is 256 g/mol. The summed E-state index contributed by atoms with van der Waals surface area (Å²) in [4.78, 5) is 35.9. The average molecular weight is 264 g/mol. The van der Waals surface area contributed by atoms with E-state index in [2.05, 4.69) is 9.72 Å². The van der Waals surface area contributed by atoms with Crippen molar-refractivity contribution in [2.45, 2.75) is 5.92 Å². The highest BCUT2D eigenvalue weighted by molar-refractivity contribution is 5.90. The fourth-order valence-electron chi connectivity index (χ4n) is 1.32. The summed E-state index contributed by atoms with van der Waals surface area (Å²) in [7, 11) is 1.10. The topological polar surface area (TPSA) is 149 Å². The van der Waals surface area contributed by atoms with Crippen molar-refractivity contribution in [2.24, 2.45) is 5.73 Å². The van der Waals surface area contributed by atoms with Crippen LogP contribution >= 0.6 is 0 Å². The lowest BCUT2D eigenvalue weighted by molar-refractivity contribution is -0.386. The van der Waals surface area contributed by atoms with Crippen LogP contribution in [0.4, 0.5) is 5.69 Å². The van der Waals surface area contributed by atoms with Crippen LogP contribution in [0.5, 0.6) is 0 Å². The molecule has 0 saturated heterocycles. The highest BCUT2D eigenvalue weighted by Crippen LogP contribution is 2.25. The number of pyridine rings is 1. The van der Waals surface area contributed by atoms with Gasteiger partial charge in [0.25, 0.3) is 5.69 Å². The minimum atomic E-state index is -1.56. The van der Waals surface area contributed by atoms with Gasteiger partial charge in [0.15, 0.2) is 5.92 Å². The van der Waals surface area contributed by atoms with Gasteiger partial charge in [0.2, 0.25) is 5.91 Å². The lowest BCUT2D eigenvalue weighted by Crippen LogP contribution is -2.22. The number of methoxy groups -OCH3 is 1. The number of ether oxygens (including phenoxy) is 1. The maximum Gasteiger partial charge on any atom is 0.339 e. The molecule has 1 heterocycles. The summed E-state index contributed by atoms with van der Waals surface area (Å²) < 4.78 is 4.39. The summed E-state index contributed by atoms with van der Waals surface area (Å²) in [6, 6.07) is 2.39. The van der Waals surface area contributed by atoms with Crippen LogP contribution < -0.4 is 5.73 Å². The predicted octanol–water partition coefficient (Wildman–Crippen LogP) is -0.131. The summed E-state index contributed by atoms with van der Waals surface area (Å²) in [6.07, 6.45) is 0.974. The molecule has 1 atom stereocenters. The number of rotatable bonds is 4. The smallest absolute Gasteiger partial charge is 0.339 e. The first-order valence-electron chi connectivity index (χ1n) is 4.84. The summed E-state index contributed by atoms with van der Waals surface area (Å²) in [6.45, 7) is 0. The van der Waals surface area contributed by atoms with E-state index < -0.39 is 34.1 Å². The van der Waals surface area contributed by atoms with Gasteiger partial charge in [-0.15, -0.1) is 0 Å². The van der Waals surface area contributed by atoms with E-state index in [1.54, 1.807) is 0 Å². The molecule has 0 radical (unpaired) electrons. The molecule has 0 aliphatic heterocycles. The van der Waals surface area contributed by atoms with Crippen molar-refractivity contribution in [3.8, 4) is 6.07 Å². The van der Waals surface area contributed by atoms with Crippen LogP contribution in [-0.4, -0.2) is 28.9 Å². The maximum absolute atomic E-state index is 11.2. The SMILES string of the molecule is COC(=O)c1cnc(C(C#N)C(N)=O)c([N+](=O)[O-])c1. The lowest BCUT2D eigenvalue weighted by Gasteiger charge is -2.06. The lowest BCUT2D eigenvalue weighted by atomic mass is 10.0. The summed E-state index contributed by atoms with van der Waals surface area (Å²) in [5.74, 6) is -3.45. The third-order valence-electron chi connectivity index (χ3n) is 2.20. The number of esters is 1. The third kappa shape index (κ3) is 2.81. The second-order valence-electron chi connectivity index (χ2n) is 3.34. The van der Waals surface area contributed by atoms with E-state index in [9.17, 15) is 19.7 Å². The second-order valence-corrected chi connectivity index (χ2v) is 3.34. The first-order valence-corrected chi connectivity index (χ1v) is 4.84. The standard InChI is InChI=1S/C10H8N4O5/c1-19-10(16)5-2-7(14(17)18)8(13-4-5)6(3-11)9(12)15/h2,4,6H,1H3,(H2,12,15). The Morgan fingerprint density at radius 2 is 2.26 bits per heavy atom. The minimum Gasteiger partial charge on any atom is -0.465 e. The number of aromatic nitrogens is 1. The first kappa shape index (κ1) is 14.0. The zero-order chi connectivity index (χ0) is 14.6. The van der Waals surface area contributed by atoms with Gasteiger partial charge < -0.3 is 10.5 Å². The maximum atomic E-state index is 11.2. The summed E-state index contributed by atoms with van der Waals surface area (Å²) in [5.41, 5.74) is 3.73. The summed E-state index contributed by atoms with van der Waals surface area (Å²) >= 11 is 0. The molecule has 0 saturated carbocycles. The second kappa shape index (κ2) is 5.54. The zero-order valence-electron chi connectivity index (χ0n) is 9.69. The average Bonchev–Trinajstić information content (AvgIpc) is 2.38. The molecule has 0 spiro atoms. The van der Waals surface area contributed by atoms with Crippen LogP contribution in [0, 0.1) is 21.4 Å². The normalized spacial score (nSPS) is 11.2. The van der Waals surface area contributed by atoms with Gasteiger partial charge in [-0.1, -0.05) is 0 Å². The zero-order valence-corrected chi connectivity index (χ0v) is 9.69. The Bertz CT molecular complexity index is 592. The Labute approximate surface area is 106 Å². The molecule has 0 aromatic carbocycles. The number of amides is 1. The van der Waals surface area contributed by atoms with E-state index in [1.807, 2.05) is 0 Å². The molecule has 98 valence electrons. The number of nitriles is 1. The van der Waals surface area contributed by atoms with Crippen molar-refractivity contribution in [3.63, 3.8) is 0 Å². The predicted molar refractivity (Wildman–Crippen MR) is 59.8 cm³/mol. The fraction of sp³-hybridized carbons (Fsp3) is 0.200. The van der Waals surface area contributed by atoms with Gasteiger partial charge in [-0.05, 0) is 0 Å². The number of nitro groups is 1. The number of nitrogens with two attached hydrogens (primary N) is 1. The van der Waals surface area contributed by atoms with Crippen molar-refractivity contribution in [1.82, 2.24) is 4.98 Å². The minimum absolute atomic E-state index is 0.167. The molecule has 0 fully saturated rings. The van der Waals surface area contributed by atoms with E-state index in [1.165, 1.54) is 6.07 Å². The molecule has 2 N–H and O–H groups in total. The molecule has 1 unspecified atom stereocenters. The van der Waals surface area contributed by atoms with Crippen LogP contribution in [0.15, 0.2) is 12.3 Å². The number of nitrogens with zero attached hydrogens (tertiary/aromatic N) is 3. The number of hydrogen-bond acceptors (Lipinski definition) is 7. The Morgan fingerprint density at radius 3 is 2.68 bits per heavy atom. The Hall–Kier alpha value is -3.02. The van der Waals surface area contributed by atoms with Gasteiger partial charge in [0.05, 0.1) is 23.7 Å². The van der Waals surface area contributed by atoms with Gasteiger partial charge in [0, 0.05) is 12.3 Å². The third-order valence-corrected chi connectivity index (χ3v) is 2.20. The molecular formula is C10H8N4O5. The van der Waals surface area contributed by atoms with E-state index >= 15 is 0 Å². The Balaban J connectivity index is 3.43. The summed E-state index contributed by atoms with van der Waals surface area (Å²) in [5, 5.41) is 19.7. The van der Waals surface area contributed by atoms with Crippen LogP contribution in [0.2, 0.25) is 0 Å². The molecule has 9 heteroatoms. The van der Waals surface area contributed by atoms with Gasteiger partial charge in [-0.25, -0.2) is 4.79 Å². The van der Waals surface area contributed by atoms with Gasteiger partial charge in [-0.2, -0.15) is 5.26 Å². The largest absolute Gasteiger partial charge is 0.465 e. The first-order chi connectivity index (χ1) is 8.92. The quantitative estimate of drug-likeness (QED) is 0.452. The molecule has 19 heavy (non-hydrogen) atoms. The van der Waals surface area contributed by atoms with Crippen molar-refractivity contribution in [2.75, 3.05) is 7.11 Å². The Morgan fingerprint density at radius 1 is 1.63 bits per heavy atom. The number of primary amides is 1. The highest BCUT2D eigenvalue weighted by Gasteiger charge is 2.29. The fourth-order valence-corrected chi connectivity index (χ4v) is 1.32. The monoisotopic (exact) mass is 264 g/mol. The molecule has 0 aliphatic carbocycles. The Kier molecular flexibility index (Phi) is 4.10. The van der Waals surface area contributed by atoms with Gasteiger partial charge in [-0.3, -0.25) is 19.9 Å². The molecule has 1 rings (SSSR count). The van der Waals surface area contributed by atoms with Gasteiger partial charge in [0.1, 0.15) is 5.69 Å². The van der Waals surface area contributed by atoms with E-state index in [4.69, 9.17) is 11.0 Å². The molecule has 1 aromatic rings. The number of carbonyl (C=O) groups is 2. The van der Waals surface area contributed by atoms with Crippen molar-refractivity contribution < 1.29 is 19.2 Å². The molecule has 0 aliphatic rings. The van der Waals surface area contributed by atoms with Crippen LogP contribution in [0.3, 0.4) is 0 Å². The molecule has 0 bridgehead atoms. The van der Waals surface area contributed by atoms with E-state index in [-0.39, 0.29) is 5.56 Å². The molecule has 1 amide bonds. The van der Waals surface area contributed by atoms with Crippen LogP contribution in [0.1, 0.15) is 22.0 Å². The molecule has 1 aromatic heterocycles. The van der Waals surface area contributed by atoms with Crippen molar-refractivity contribution in [1.29, 1.82) is 5.26 Å². The van der Waals surface area contributed by atoms with Crippen LogP contribution in [-0.2, 0) is 9.53 Å². The van der Waals surface area contributed by atoms with Crippen molar-refractivity contribution in [3.05, 3.63) is 33.6 Å². The number of carbonyl (C=O) groups excluding carboxylic acids is 2. The van der Waals surface area contributed by atoms with Gasteiger partial charge >= 0.3 is 5.97 Å².